The third-order valence-electron chi connectivity index (χ3n) is 6.16. The Kier molecular flexibility index (Phi) is 6.67. The minimum atomic E-state index is -0.407. The summed E-state index contributed by atoms with van der Waals surface area (Å²) in [6.07, 6.45) is 0.116. The Labute approximate surface area is 213 Å². The lowest BCUT2D eigenvalue weighted by Gasteiger charge is -2.13. The summed E-state index contributed by atoms with van der Waals surface area (Å²) < 4.78 is 0. The fraction of sp³-hybridized carbons (Fsp3) is 0.143. The Morgan fingerprint density at radius 3 is 2.38 bits per heavy atom. The molecule has 0 aliphatic rings. The van der Waals surface area contributed by atoms with E-state index in [0.717, 1.165) is 38.9 Å². The minimum absolute atomic E-state index is 0.116. The molecule has 2 heterocycles. The number of rotatable bonds is 6. The van der Waals surface area contributed by atoms with E-state index in [1.807, 2.05) is 80.6 Å². The predicted octanol–water partition coefficient (Wildman–Crippen LogP) is 3.56. The zero-order valence-electron chi connectivity index (χ0n) is 20.5. The van der Waals surface area contributed by atoms with Crippen LogP contribution < -0.4 is 10.9 Å². The largest absolute Gasteiger partial charge is 0.273 e. The van der Waals surface area contributed by atoms with Crippen molar-refractivity contribution in [1.82, 2.24) is 36.0 Å². The second-order valence-corrected chi connectivity index (χ2v) is 8.70. The molecule has 5 rings (SSSR count). The molecule has 9 heteroatoms. The molecule has 5 aromatic rings. The number of amides is 2. The van der Waals surface area contributed by atoms with Gasteiger partial charge in [-0.25, -0.2) is 0 Å². The zero-order valence-corrected chi connectivity index (χ0v) is 20.5. The predicted molar refractivity (Wildman–Crippen MR) is 139 cm³/mol. The number of tetrazole rings is 1. The van der Waals surface area contributed by atoms with Crippen LogP contribution >= 0.6 is 0 Å². The minimum Gasteiger partial charge on any atom is -0.273 e. The monoisotopic (exact) mass is 491 g/mol. The molecular weight excluding hydrogens is 466 g/mol. The molecule has 184 valence electrons. The number of pyridine rings is 1. The first-order chi connectivity index (χ1) is 18.0. The van der Waals surface area contributed by atoms with Crippen molar-refractivity contribution in [3.63, 3.8) is 0 Å². The second kappa shape index (κ2) is 10.4. The molecular formula is C28H25N7O2. The van der Waals surface area contributed by atoms with Gasteiger partial charge in [0, 0.05) is 22.2 Å². The van der Waals surface area contributed by atoms with Crippen LogP contribution in [0.4, 0.5) is 0 Å². The molecule has 3 aromatic carbocycles. The van der Waals surface area contributed by atoms with Crippen LogP contribution in [0.25, 0.3) is 22.3 Å². The molecule has 0 bridgehead atoms. The molecule has 0 fully saturated rings. The maximum atomic E-state index is 12.6. The second-order valence-electron chi connectivity index (χ2n) is 8.70. The van der Waals surface area contributed by atoms with Crippen molar-refractivity contribution in [3.05, 3.63) is 107 Å². The quantitative estimate of drug-likeness (QED) is 0.351. The van der Waals surface area contributed by atoms with Crippen LogP contribution in [0, 0.1) is 13.8 Å². The summed E-state index contributed by atoms with van der Waals surface area (Å²) in [5.74, 6) is -0.174. The fourth-order valence-electron chi connectivity index (χ4n) is 4.17. The van der Waals surface area contributed by atoms with Gasteiger partial charge in [0.2, 0.25) is 11.7 Å². The first-order valence-electron chi connectivity index (χ1n) is 11.8. The Hall–Kier alpha value is -4.92. The Morgan fingerprint density at radius 1 is 0.865 bits per heavy atom. The maximum absolute atomic E-state index is 12.6. The van der Waals surface area contributed by atoms with Crippen LogP contribution in [-0.2, 0) is 17.8 Å². The third kappa shape index (κ3) is 5.35. The number of benzene rings is 3. The number of carbonyl (C=O) groups excluding carboxylic acids is 2. The normalized spacial score (nSPS) is 10.9. The average Bonchev–Trinajstić information content (AvgIpc) is 3.39. The number of fused-ring (bicyclic) bond motifs is 1. The van der Waals surface area contributed by atoms with E-state index in [9.17, 15) is 9.59 Å². The molecule has 9 nitrogen and oxygen atoms in total. The summed E-state index contributed by atoms with van der Waals surface area (Å²) in [5, 5.41) is 13.6. The van der Waals surface area contributed by atoms with Crippen molar-refractivity contribution in [2.75, 3.05) is 0 Å². The first kappa shape index (κ1) is 23.8. The molecule has 0 unspecified atom stereocenters. The number of hydrogen-bond acceptors (Lipinski definition) is 6. The van der Waals surface area contributed by atoms with Gasteiger partial charge in [0.25, 0.3) is 5.91 Å². The highest BCUT2D eigenvalue weighted by molar-refractivity contribution is 5.95. The van der Waals surface area contributed by atoms with Gasteiger partial charge in [0.15, 0.2) is 0 Å². The molecule has 37 heavy (non-hydrogen) atoms. The summed E-state index contributed by atoms with van der Waals surface area (Å²) in [4.78, 5) is 31.2. The Morgan fingerprint density at radius 2 is 1.59 bits per heavy atom. The van der Waals surface area contributed by atoms with E-state index in [1.54, 1.807) is 12.1 Å². The molecule has 0 radical (unpaired) electrons. The van der Waals surface area contributed by atoms with E-state index >= 15 is 0 Å². The smallest absolute Gasteiger partial charge is 0.269 e. The number of para-hydroxylation sites is 1. The van der Waals surface area contributed by atoms with Crippen LogP contribution in [0.3, 0.4) is 0 Å². The number of aryl methyl sites for hydroxylation is 2. The SMILES string of the molecule is Cc1nc2ccccc2c(C)c1CC(=O)NNC(=O)c1ccc(Cn2nnc(-c3ccccc3)n2)cc1. The van der Waals surface area contributed by atoms with Crippen molar-refractivity contribution in [3.8, 4) is 11.4 Å². The van der Waals surface area contributed by atoms with Crippen molar-refractivity contribution in [1.29, 1.82) is 0 Å². The molecule has 0 saturated carbocycles. The van der Waals surface area contributed by atoms with Crippen molar-refractivity contribution >= 4 is 22.7 Å². The standard InChI is InChI=1S/C28H25N7O2/c1-18-23-10-6-7-11-25(23)29-19(2)24(18)16-26(36)30-32-28(37)22-14-12-20(13-15-22)17-35-33-27(31-34-35)21-8-4-3-5-9-21/h3-15H,16-17H2,1-2H3,(H,30,36)(H,32,37). The molecule has 2 amide bonds. The number of hydrogen-bond donors (Lipinski definition) is 2. The van der Waals surface area contributed by atoms with Gasteiger partial charge in [-0.1, -0.05) is 60.7 Å². The van der Waals surface area contributed by atoms with E-state index in [-0.39, 0.29) is 12.3 Å². The highest BCUT2D eigenvalue weighted by Crippen LogP contribution is 2.22. The highest BCUT2D eigenvalue weighted by Gasteiger charge is 2.14. The lowest BCUT2D eigenvalue weighted by Crippen LogP contribution is -2.42. The maximum Gasteiger partial charge on any atom is 0.269 e. The number of carbonyl (C=O) groups is 2. The number of nitrogens with zero attached hydrogens (tertiary/aromatic N) is 5. The lowest BCUT2D eigenvalue weighted by molar-refractivity contribution is -0.121. The van der Waals surface area contributed by atoms with Crippen LogP contribution in [-0.4, -0.2) is 37.0 Å². The molecule has 0 spiro atoms. The van der Waals surface area contributed by atoms with Gasteiger partial charge in [0.1, 0.15) is 0 Å². The summed E-state index contributed by atoms with van der Waals surface area (Å²) in [6.45, 7) is 4.29. The summed E-state index contributed by atoms with van der Waals surface area (Å²) in [6, 6.07) is 24.5. The zero-order chi connectivity index (χ0) is 25.8. The van der Waals surface area contributed by atoms with E-state index in [2.05, 4.69) is 31.2 Å². The van der Waals surface area contributed by atoms with E-state index < -0.39 is 5.91 Å². The van der Waals surface area contributed by atoms with Gasteiger partial charge < -0.3 is 0 Å². The van der Waals surface area contributed by atoms with Gasteiger partial charge >= 0.3 is 0 Å². The highest BCUT2D eigenvalue weighted by atomic mass is 16.2. The average molecular weight is 492 g/mol. The van der Waals surface area contributed by atoms with Crippen LogP contribution in [0.2, 0.25) is 0 Å². The number of nitrogens with one attached hydrogen (secondary N) is 2. The topological polar surface area (TPSA) is 115 Å². The molecule has 0 aliphatic carbocycles. The first-order valence-corrected chi connectivity index (χ1v) is 11.8. The Bertz CT molecular complexity index is 1580. The van der Waals surface area contributed by atoms with E-state index in [1.165, 1.54) is 4.80 Å². The van der Waals surface area contributed by atoms with E-state index in [4.69, 9.17) is 0 Å². The van der Waals surface area contributed by atoms with Crippen LogP contribution in [0.1, 0.15) is 32.7 Å². The summed E-state index contributed by atoms with van der Waals surface area (Å²) in [5.41, 5.74) is 10.8. The van der Waals surface area contributed by atoms with Crippen molar-refractivity contribution < 1.29 is 9.59 Å². The third-order valence-corrected chi connectivity index (χ3v) is 6.16. The van der Waals surface area contributed by atoms with Crippen molar-refractivity contribution in [2.24, 2.45) is 0 Å². The summed E-state index contributed by atoms with van der Waals surface area (Å²) >= 11 is 0. The summed E-state index contributed by atoms with van der Waals surface area (Å²) in [7, 11) is 0. The van der Waals surface area contributed by atoms with Gasteiger partial charge in [-0.3, -0.25) is 25.4 Å². The number of hydrazine groups is 1. The van der Waals surface area contributed by atoms with E-state index in [0.29, 0.717) is 17.9 Å². The van der Waals surface area contributed by atoms with Gasteiger partial charge in [0.05, 0.1) is 18.5 Å². The van der Waals surface area contributed by atoms with Crippen LogP contribution in [0.5, 0.6) is 0 Å². The molecule has 0 saturated heterocycles. The van der Waals surface area contributed by atoms with Gasteiger partial charge in [-0.05, 0) is 54.0 Å². The number of aromatic nitrogens is 5. The molecule has 2 N–H and O–H groups in total. The van der Waals surface area contributed by atoms with Gasteiger partial charge in [-0.2, -0.15) is 4.80 Å². The Balaban J connectivity index is 1.17. The molecule has 2 aromatic heterocycles. The molecule has 0 aliphatic heterocycles. The van der Waals surface area contributed by atoms with Crippen LogP contribution in [0.15, 0.2) is 78.9 Å². The molecule has 0 atom stereocenters. The fourth-order valence-corrected chi connectivity index (χ4v) is 4.17. The van der Waals surface area contributed by atoms with Gasteiger partial charge in [-0.15, -0.1) is 10.2 Å². The lowest BCUT2D eigenvalue weighted by atomic mass is 9.99. The van der Waals surface area contributed by atoms with Crippen molar-refractivity contribution in [2.45, 2.75) is 26.8 Å².